The predicted molar refractivity (Wildman–Crippen MR) is 97.9 cm³/mol. The van der Waals surface area contributed by atoms with E-state index in [1.165, 1.54) is 12.1 Å². The summed E-state index contributed by atoms with van der Waals surface area (Å²) in [5.41, 5.74) is 6.09. The fourth-order valence-corrected chi connectivity index (χ4v) is 4.05. The molecule has 2 amide bonds. The number of halogens is 3. The lowest BCUT2D eigenvalue weighted by Crippen LogP contribution is -2.45. The molecule has 3 rings (SSSR count). The lowest BCUT2D eigenvalue weighted by atomic mass is 10.1. The van der Waals surface area contributed by atoms with Crippen molar-refractivity contribution in [3.05, 3.63) is 18.2 Å². The second-order valence-corrected chi connectivity index (χ2v) is 7.60. The second kappa shape index (κ2) is 7.92. The number of rotatable bonds is 5. The lowest BCUT2D eigenvalue weighted by molar-refractivity contribution is -0.274. The van der Waals surface area contributed by atoms with Crippen LogP contribution >= 0.6 is 11.3 Å². The highest BCUT2D eigenvalue weighted by molar-refractivity contribution is 7.22. The zero-order chi connectivity index (χ0) is 20.5. The smallest absolute Gasteiger partial charge is 0.406 e. The average Bonchev–Trinajstić information content (AvgIpc) is 3.18. The van der Waals surface area contributed by atoms with Crippen molar-refractivity contribution >= 4 is 38.5 Å². The number of amides is 2. The number of nitrogens with two attached hydrogens (primary N) is 1. The molecular weight excluding hydrogens is 397 g/mol. The maximum atomic E-state index is 12.4. The minimum Gasteiger partial charge on any atom is -0.406 e. The zero-order valence-electron chi connectivity index (χ0n) is 15.0. The largest absolute Gasteiger partial charge is 0.573 e. The van der Waals surface area contributed by atoms with Gasteiger partial charge < -0.3 is 20.7 Å². The fraction of sp³-hybridized carbons (Fsp3) is 0.471. The Kier molecular flexibility index (Phi) is 5.75. The molecule has 1 aromatic carbocycles. The van der Waals surface area contributed by atoms with E-state index < -0.39 is 12.4 Å². The van der Waals surface area contributed by atoms with Gasteiger partial charge in [0.25, 0.3) is 0 Å². The standard InChI is InChI=1S/C17H19F3N4O3S/c1-9(21)15(26)24-6-2-3-10(24)7-14(25)23-16-22-12-5-4-11(8-13(12)28-16)27-17(18,19)20/h4-5,8-10H,2-3,6-7,21H2,1H3,(H,22,23,25)/t9-,10+/m1/s1. The Morgan fingerprint density at radius 2 is 2.21 bits per heavy atom. The molecule has 0 bridgehead atoms. The number of thiazole rings is 1. The fourth-order valence-electron chi connectivity index (χ4n) is 3.14. The van der Waals surface area contributed by atoms with Crippen LogP contribution in [-0.2, 0) is 9.59 Å². The quantitative estimate of drug-likeness (QED) is 0.781. The Labute approximate surface area is 162 Å². The average molecular weight is 416 g/mol. The highest BCUT2D eigenvalue weighted by atomic mass is 32.1. The summed E-state index contributed by atoms with van der Waals surface area (Å²) in [6.07, 6.45) is -3.15. The van der Waals surface area contributed by atoms with Gasteiger partial charge in [0.1, 0.15) is 5.75 Å². The molecule has 0 radical (unpaired) electrons. The van der Waals surface area contributed by atoms with Gasteiger partial charge >= 0.3 is 6.36 Å². The van der Waals surface area contributed by atoms with Gasteiger partial charge in [0, 0.05) is 25.1 Å². The van der Waals surface area contributed by atoms with Crippen LogP contribution in [0.2, 0.25) is 0 Å². The summed E-state index contributed by atoms with van der Waals surface area (Å²) < 4.78 is 41.3. The Bertz CT molecular complexity index is 884. The predicted octanol–water partition coefficient (Wildman–Crippen LogP) is 2.86. The summed E-state index contributed by atoms with van der Waals surface area (Å²) in [5, 5.41) is 2.92. The van der Waals surface area contributed by atoms with Crippen LogP contribution in [0.1, 0.15) is 26.2 Å². The normalized spacial score (nSPS) is 18.3. The third-order valence-corrected chi connectivity index (χ3v) is 5.24. The molecule has 2 atom stereocenters. The number of carbonyl (C=O) groups excluding carboxylic acids is 2. The number of benzene rings is 1. The van der Waals surface area contributed by atoms with E-state index in [0.29, 0.717) is 23.2 Å². The van der Waals surface area contributed by atoms with Crippen molar-refractivity contribution in [3.8, 4) is 5.75 Å². The number of likely N-dealkylation sites (tertiary alicyclic amines) is 1. The molecule has 3 N–H and O–H groups in total. The van der Waals surface area contributed by atoms with E-state index >= 15 is 0 Å². The van der Waals surface area contributed by atoms with Gasteiger partial charge in [0.2, 0.25) is 11.8 Å². The Balaban J connectivity index is 1.65. The number of fused-ring (bicyclic) bond motifs is 1. The summed E-state index contributed by atoms with van der Waals surface area (Å²) in [5.74, 6) is -0.856. The van der Waals surface area contributed by atoms with Crippen LogP contribution in [0.25, 0.3) is 10.2 Å². The number of carbonyl (C=O) groups is 2. The van der Waals surface area contributed by atoms with Crippen molar-refractivity contribution in [2.24, 2.45) is 5.73 Å². The van der Waals surface area contributed by atoms with E-state index in [1.54, 1.807) is 11.8 Å². The number of ether oxygens (including phenoxy) is 1. The molecule has 28 heavy (non-hydrogen) atoms. The molecule has 1 fully saturated rings. The molecule has 11 heteroatoms. The van der Waals surface area contributed by atoms with Crippen molar-refractivity contribution in [2.75, 3.05) is 11.9 Å². The topological polar surface area (TPSA) is 97.6 Å². The first-order chi connectivity index (χ1) is 13.1. The van der Waals surface area contributed by atoms with Crippen LogP contribution in [0.3, 0.4) is 0 Å². The molecule has 1 aliphatic heterocycles. The van der Waals surface area contributed by atoms with Crippen LogP contribution in [-0.4, -0.2) is 46.7 Å². The molecule has 0 unspecified atom stereocenters. The molecule has 0 saturated carbocycles. The zero-order valence-corrected chi connectivity index (χ0v) is 15.8. The molecular formula is C17H19F3N4O3S. The lowest BCUT2D eigenvalue weighted by Gasteiger charge is -2.25. The van der Waals surface area contributed by atoms with Crippen molar-refractivity contribution in [1.82, 2.24) is 9.88 Å². The first kappa shape index (κ1) is 20.3. The molecule has 1 aliphatic rings. The van der Waals surface area contributed by atoms with Gasteiger partial charge in [0.05, 0.1) is 16.3 Å². The second-order valence-electron chi connectivity index (χ2n) is 6.57. The van der Waals surface area contributed by atoms with Gasteiger partial charge in [-0.05, 0) is 31.9 Å². The Hall–Kier alpha value is -2.40. The van der Waals surface area contributed by atoms with Gasteiger partial charge in [0.15, 0.2) is 5.13 Å². The van der Waals surface area contributed by atoms with Crippen LogP contribution in [0.15, 0.2) is 18.2 Å². The number of nitrogens with zero attached hydrogens (tertiary/aromatic N) is 2. The van der Waals surface area contributed by atoms with Gasteiger partial charge in [-0.3, -0.25) is 9.59 Å². The highest BCUT2D eigenvalue weighted by Crippen LogP contribution is 2.32. The minimum atomic E-state index is -4.78. The summed E-state index contributed by atoms with van der Waals surface area (Å²) in [6, 6.07) is 2.93. The van der Waals surface area contributed by atoms with Gasteiger partial charge in [-0.1, -0.05) is 11.3 Å². The summed E-state index contributed by atoms with van der Waals surface area (Å²) >= 11 is 1.04. The third-order valence-electron chi connectivity index (χ3n) is 4.31. The minimum absolute atomic E-state index is 0.108. The molecule has 1 aromatic heterocycles. The van der Waals surface area contributed by atoms with E-state index in [4.69, 9.17) is 5.73 Å². The number of hydrogen-bond donors (Lipinski definition) is 2. The summed E-state index contributed by atoms with van der Waals surface area (Å²) in [6.45, 7) is 2.18. The Morgan fingerprint density at radius 3 is 2.89 bits per heavy atom. The monoisotopic (exact) mass is 416 g/mol. The summed E-state index contributed by atoms with van der Waals surface area (Å²) in [7, 11) is 0. The van der Waals surface area contributed by atoms with Crippen LogP contribution in [0, 0.1) is 0 Å². The van der Waals surface area contributed by atoms with Crippen molar-refractivity contribution in [1.29, 1.82) is 0 Å². The van der Waals surface area contributed by atoms with Gasteiger partial charge in [-0.25, -0.2) is 4.98 Å². The summed E-state index contributed by atoms with van der Waals surface area (Å²) in [4.78, 5) is 30.3. The number of anilines is 1. The molecule has 152 valence electrons. The molecule has 2 heterocycles. The molecule has 1 saturated heterocycles. The van der Waals surface area contributed by atoms with Gasteiger partial charge in [-0.15, -0.1) is 13.2 Å². The molecule has 7 nitrogen and oxygen atoms in total. The number of hydrogen-bond acceptors (Lipinski definition) is 6. The first-order valence-electron chi connectivity index (χ1n) is 8.64. The maximum Gasteiger partial charge on any atom is 0.573 e. The van der Waals surface area contributed by atoms with Crippen LogP contribution < -0.4 is 15.8 Å². The highest BCUT2D eigenvalue weighted by Gasteiger charge is 2.32. The van der Waals surface area contributed by atoms with Crippen LogP contribution in [0.5, 0.6) is 5.75 Å². The van der Waals surface area contributed by atoms with Crippen molar-refractivity contribution in [2.45, 2.75) is 44.6 Å². The number of alkyl halides is 3. The molecule has 0 aliphatic carbocycles. The van der Waals surface area contributed by atoms with Gasteiger partial charge in [-0.2, -0.15) is 0 Å². The van der Waals surface area contributed by atoms with E-state index in [1.807, 2.05) is 0 Å². The van der Waals surface area contributed by atoms with E-state index in [0.717, 1.165) is 23.8 Å². The van der Waals surface area contributed by atoms with E-state index in [2.05, 4.69) is 15.0 Å². The first-order valence-corrected chi connectivity index (χ1v) is 9.46. The molecule has 0 spiro atoms. The maximum absolute atomic E-state index is 12.4. The van der Waals surface area contributed by atoms with E-state index in [9.17, 15) is 22.8 Å². The van der Waals surface area contributed by atoms with Crippen LogP contribution in [0.4, 0.5) is 18.3 Å². The third kappa shape index (κ3) is 4.90. The SMILES string of the molecule is C[C@@H](N)C(=O)N1CCC[C@H]1CC(=O)Nc1nc2ccc(OC(F)(F)F)cc2s1. The Morgan fingerprint density at radius 1 is 1.46 bits per heavy atom. The number of aromatic nitrogens is 1. The van der Waals surface area contributed by atoms with Crippen molar-refractivity contribution in [3.63, 3.8) is 0 Å². The van der Waals surface area contributed by atoms with Crippen molar-refractivity contribution < 1.29 is 27.5 Å². The number of nitrogens with one attached hydrogen (secondary N) is 1. The molecule has 2 aromatic rings. The van der Waals surface area contributed by atoms with E-state index in [-0.39, 0.29) is 35.2 Å².